The highest BCUT2D eigenvalue weighted by Gasteiger charge is 2.14. The van der Waals surface area contributed by atoms with Crippen molar-refractivity contribution < 1.29 is 14.3 Å². The van der Waals surface area contributed by atoms with E-state index in [9.17, 15) is 4.79 Å². The summed E-state index contributed by atoms with van der Waals surface area (Å²) in [6, 6.07) is 5.43. The van der Waals surface area contributed by atoms with Gasteiger partial charge in [-0.05, 0) is 51.1 Å². The Hall–Kier alpha value is -1.16. The summed E-state index contributed by atoms with van der Waals surface area (Å²) in [5, 5.41) is 0.448. The first-order chi connectivity index (χ1) is 9.79. The second kappa shape index (κ2) is 8.32. The van der Waals surface area contributed by atoms with Gasteiger partial charge in [-0.1, -0.05) is 13.8 Å². The summed E-state index contributed by atoms with van der Waals surface area (Å²) >= 11 is 1.65. The molecule has 0 bridgehead atoms. The maximum absolute atomic E-state index is 12.2. The number of hydrogen-bond donors (Lipinski definition) is 0. The number of benzene rings is 1. The minimum atomic E-state index is 0.0369. The van der Waals surface area contributed by atoms with Crippen LogP contribution in [0, 0.1) is 0 Å². The van der Waals surface area contributed by atoms with Gasteiger partial charge in [0.1, 0.15) is 0 Å². The van der Waals surface area contributed by atoms with Crippen molar-refractivity contribution in [2.24, 2.45) is 0 Å². The van der Waals surface area contributed by atoms with Crippen LogP contribution in [-0.4, -0.2) is 29.0 Å². The van der Waals surface area contributed by atoms with Crippen molar-refractivity contribution in [2.45, 2.75) is 59.0 Å². The molecule has 0 fully saturated rings. The van der Waals surface area contributed by atoms with Crippen molar-refractivity contribution in [3.63, 3.8) is 0 Å². The van der Waals surface area contributed by atoms with Gasteiger partial charge in [0.15, 0.2) is 17.3 Å². The number of hydrogen-bond acceptors (Lipinski definition) is 4. The summed E-state index contributed by atoms with van der Waals surface area (Å²) in [5.74, 6) is 1.94. The van der Waals surface area contributed by atoms with Crippen LogP contribution in [0.3, 0.4) is 0 Å². The highest BCUT2D eigenvalue weighted by Crippen LogP contribution is 2.31. The summed E-state index contributed by atoms with van der Waals surface area (Å²) in [4.78, 5) is 12.2. The molecular formula is C17H26O3S. The van der Waals surface area contributed by atoms with Crippen molar-refractivity contribution in [1.82, 2.24) is 0 Å². The zero-order chi connectivity index (χ0) is 16.0. The van der Waals surface area contributed by atoms with Crippen LogP contribution in [-0.2, 0) is 0 Å². The molecule has 118 valence electrons. The molecule has 1 rings (SSSR count). The van der Waals surface area contributed by atoms with Crippen LogP contribution in [0.4, 0.5) is 0 Å². The van der Waals surface area contributed by atoms with Crippen molar-refractivity contribution in [3.8, 4) is 11.5 Å². The second-order valence-corrected chi connectivity index (χ2v) is 7.34. The fourth-order valence-corrected chi connectivity index (χ4v) is 2.36. The minimum absolute atomic E-state index is 0.0369. The SMILES string of the molecule is CC(C)Oc1ccc(C(=O)CSC(C)C)cc1OC(C)C. The van der Waals surface area contributed by atoms with E-state index in [2.05, 4.69) is 13.8 Å². The number of carbonyl (C=O) groups excluding carboxylic acids is 1. The van der Waals surface area contributed by atoms with Gasteiger partial charge in [-0.25, -0.2) is 0 Å². The Labute approximate surface area is 132 Å². The van der Waals surface area contributed by atoms with Crippen LogP contribution in [0.1, 0.15) is 51.9 Å². The first kappa shape index (κ1) is 17.9. The maximum Gasteiger partial charge on any atom is 0.172 e. The third-order valence-electron chi connectivity index (χ3n) is 2.54. The maximum atomic E-state index is 12.2. The molecule has 0 aliphatic rings. The molecule has 0 amide bonds. The van der Waals surface area contributed by atoms with Gasteiger partial charge < -0.3 is 9.47 Å². The summed E-state index contributed by atoms with van der Waals surface area (Å²) in [6.07, 6.45) is 0.104. The molecule has 0 unspecified atom stereocenters. The van der Waals surface area contributed by atoms with Crippen molar-refractivity contribution in [2.75, 3.05) is 5.75 Å². The fraction of sp³-hybridized carbons (Fsp3) is 0.588. The van der Waals surface area contributed by atoms with E-state index in [-0.39, 0.29) is 18.0 Å². The van der Waals surface area contributed by atoms with Crippen molar-refractivity contribution >= 4 is 17.5 Å². The van der Waals surface area contributed by atoms with Gasteiger partial charge in [0.25, 0.3) is 0 Å². The van der Waals surface area contributed by atoms with E-state index < -0.39 is 0 Å². The molecule has 0 spiro atoms. The van der Waals surface area contributed by atoms with E-state index >= 15 is 0 Å². The molecule has 0 N–H and O–H groups in total. The molecule has 0 saturated carbocycles. The molecule has 0 saturated heterocycles. The molecule has 0 aliphatic heterocycles. The van der Waals surface area contributed by atoms with Crippen molar-refractivity contribution in [3.05, 3.63) is 23.8 Å². The van der Waals surface area contributed by atoms with Gasteiger partial charge >= 0.3 is 0 Å². The zero-order valence-corrected chi connectivity index (χ0v) is 14.6. The normalized spacial score (nSPS) is 11.3. The largest absolute Gasteiger partial charge is 0.487 e. The van der Waals surface area contributed by atoms with Crippen LogP contribution >= 0.6 is 11.8 Å². The number of thioether (sulfide) groups is 1. The van der Waals surface area contributed by atoms with Crippen LogP contribution < -0.4 is 9.47 Å². The van der Waals surface area contributed by atoms with E-state index in [0.717, 1.165) is 0 Å². The third-order valence-corrected chi connectivity index (χ3v) is 3.63. The van der Waals surface area contributed by atoms with Crippen molar-refractivity contribution in [1.29, 1.82) is 0 Å². The smallest absolute Gasteiger partial charge is 0.172 e. The molecule has 0 radical (unpaired) electrons. The average molecular weight is 310 g/mol. The number of ketones is 1. The Kier molecular flexibility index (Phi) is 7.09. The molecule has 0 aromatic heterocycles. The summed E-state index contributed by atoms with van der Waals surface area (Å²) < 4.78 is 11.5. The Morgan fingerprint density at radius 1 is 1.00 bits per heavy atom. The van der Waals surface area contributed by atoms with Gasteiger partial charge in [-0.3, -0.25) is 4.79 Å². The molecule has 1 aromatic carbocycles. The lowest BCUT2D eigenvalue weighted by molar-refractivity contribution is 0.102. The Morgan fingerprint density at radius 2 is 1.57 bits per heavy atom. The van der Waals surface area contributed by atoms with E-state index in [0.29, 0.717) is 28.1 Å². The van der Waals surface area contributed by atoms with Gasteiger partial charge in [-0.15, -0.1) is 0 Å². The summed E-state index contributed by atoms with van der Waals surface area (Å²) in [7, 11) is 0. The minimum Gasteiger partial charge on any atom is -0.487 e. The zero-order valence-electron chi connectivity index (χ0n) is 13.8. The molecule has 0 atom stereocenters. The van der Waals surface area contributed by atoms with Gasteiger partial charge in [0.05, 0.1) is 18.0 Å². The molecule has 21 heavy (non-hydrogen) atoms. The van der Waals surface area contributed by atoms with Crippen LogP contribution in [0.2, 0.25) is 0 Å². The fourth-order valence-electron chi connectivity index (χ4n) is 1.70. The van der Waals surface area contributed by atoms with Gasteiger partial charge in [0.2, 0.25) is 0 Å². The summed E-state index contributed by atoms with van der Waals surface area (Å²) in [6.45, 7) is 12.0. The molecule has 4 heteroatoms. The Bertz CT molecular complexity index is 467. The van der Waals surface area contributed by atoms with Crippen LogP contribution in [0.15, 0.2) is 18.2 Å². The molecular weight excluding hydrogens is 284 g/mol. The van der Waals surface area contributed by atoms with E-state index in [1.165, 1.54) is 0 Å². The lowest BCUT2D eigenvalue weighted by Gasteiger charge is -2.17. The topological polar surface area (TPSA) is 35.5 Å². The highest BCUT2D eigenvalue weighted by molar-refractivity contribution is 8.00. The van der Waals surface area contributed by atoms with E-state index in [1.54, 1.807) is 17.8 Å². The van der Waals surface area contributed by atoms with Crippen LogP contribution in [0.5, 0.6) is 11.5 Å². The van der Waals surface area contributed by atoms with Gasteiger partial charge in [-0.2, -0.15) is 11.8 Å². The first-order valence-electron chi connectivity index (χ1n) is 7.41. The van der Waals surface area contributed by atoms with Crippen LogP contribution in [0.25, 0.3) is 0 Å². The Morgan fingerprint density at radius 3 is 2.10 bits per heavy atom. The van der Waals surface area contributed by atoms with E-state index in [4.69, 9.17) is 9.47 Å². The standard InChI is InChI=1S/C17H26O3S/c1-11(2)19-16-8-7-14(9-17(16)20-12(3)4)15(18)10-21-13(5)6/h7-9,11-13H,10H2,1-6H3. The predicted octanol–water partition coefficient (Wildman–Crippen LogP) is 4.59. The third kappa shape index (κ3) is 6.42. The molecule has 3 nitrogen and oxygen atoms in total. The quantitative estimate of drug-likeness (QED) is 0.658. The highest BCUT2D eigenvalue weighted by atomic mass is 32.2. The average Bonchev–Trinajstić information content (AvgIpc) is 2.36. The first-order valence-corrected chi connectivity index (χ1v) is 8.46. The molecule has 0 aliphatic carbocycles. The van der Waals surface area contributed by atoms with E-state index in [1.807, 2.05) is 39.8 Å². The second-order valence-electron chi connectivity index (χ2n) is 5.78. The number of carbonyl (C=O) groups is 1. The number of rotatable bonds is 8. The lowest BCUT2D eigenvalue weighted by atomic mass is 10.1. The Balaban J connectivity index is 2.94. The monoisotopic (exact) mass is 310 g/mol. The number of ether oxygens (including phenoxy) is 2. The lowest BCUT2D eigenvalue weighted by Crippen LogP contribution is -2.12. The predicted molar refractivity (Wildman–Crippen MR) is 89.9 cm³/mol. The molecule has 1 aromatic rings. The summed E-state index contributed by atoms with van der Waals surface area (Å²) in [5.41, 5.74) is 0.676. The number of Topliss-reactive ketones (excluding diaryl/α,β-unsaturated/α-hetero) is 1. The molecule has 0 heterocycles. The van der Waals surface area contributed by atoms with Gasteiger partial charge in [0, 0.05) is 5.56 Å².